The van der Waals surface area contributed by atoms with Crippen molar-refractivity contribution in [3.05, 3.63) is 53.6 Å². The highest BCUT2D eigenvalue weighted by molar-refractivity contribution is 7.89. The fourth-order valence-corrected chi connectivity index (χ4v) is 4.11. The van der Waals surface area contributed by atoms with Gasteiger partial charge in [-0.1, -0.05) is 12.1 Å². The molecule has 0 fully saturated rings. The first kappa shape index (κ1) is 15.9. The smallest absolute Gasteiger partial charge is 0.245 e. The van der Waals surface area contributed by atoms with Gasteiger partial charge in [0.1, 0.15) is 6.33 Å². The third kappa shape index (κ3) is 2.93. The predicted octanol–water partition coefficient (Wildman–Crippen LogP) is 2.24. The summed E-state index contributed by atoms with van der Waals surface area (Å²) in [6.07, 6.45) is -1.49. The van der Waals surface area contributed by atoms with Gasteiger partial charge < -0.3 is 0 Å². The molecule has 1 aromatic heterocycles. The first-order valence-corrected chi connectivity index (χ1v) is 8.18. The number of halogens is 3. The molecule has 0 unspecified atom stereocenters. The molecule has 122 valence electrons. The molecule has 2 heterocycles. The molecule has 0 aliphatic carbocycles. The van der Waals surface area contributed by atoms with E-state index >= 15 is 0 Å². The van der Waals surface area contributed by atoms with E-state index in [0.717, 1.165) is 22.0 Å². The Hall–Kier alpha value is -2.00. The van der Waals surface area contributed by atoms with E-state index in [1.54, 1.807) is 6.20 Å². The molecule has 0 saturated carbocycles. The Morgan fingerprint density at radius 3 is 2.65 bits per heavy atom. The minimum absolute atomic E-state index is 0.0631. The number of rotatable bonds is 2. The van der Waals surface area contributed by atoms with E-state index in [9.17, 15) is 21.6 Å². The number of nitrogens with zero attached hydrogens (tertiary/aromatic N) is 3. The summed E-state index contributed by atoms with van der Waals surface area (Å²) in [6, 6.07) is 4.20. The average Bonchev–Trinajstić information content (AvgIpc) is 2.53. The van der Waals surface area contributed by atoms with Crippen molar-refractivity contribution in [3.63, 3.8) is 0 Å². The van der Waals surface area contributed by atoms with Crippen LogP contribution in [0.25, 0.3) is 0 Å². The van der Waals surface area contributed by atoms with E-state index in [0.29, 0.717) is 12.1 Å². The molecule has 0 amide bonds. The molecule has 1 aliphatic rings. The summed E-state index contributed by atoms with van der Waals surface area (Å²) in [5.41, 5.74) is 0.163. The molecule has 0 radical (unpaired) electrons. The van der Waals surface area contributed by atoms with Gasteiger partial charge in [0, 0.05) is 12.7 Å². The summed E-state index contributed by atoms with van der Waals surface area (Å²) in [7, 11) is -4.27. The molecule has 1 aliphatic heterocycles. The molecule has 0 bridgehead atoms. The number of benzene rings is 1. The van der Waals surface area contributed by atoms with Crippen molar-refractivity contribution in [2.75, 3.05) is 6.54 Å². The number of sulfonamides is 1. The third-order valence-electron chi connectivity index (χ3n) is 3.65. The summed E-state index contributed by atoms with van der Waals surface area (Å²) >= 11 is 0. The Balaban J connectivity index is 2.01. The topological polar surface area (TPSA) is 63.2 Å². The molecular weight excluding hydrogens is 331 g/mol. The van der Waals surface area contributed by atoms with Gasteiger partial charge in [-0.2, -0.15) is 17.5 Å². The number of hydrogen-bond donors (Lipinski definition) is 0. The van der Waals surface area contributed by atoms with Gasteiger partial charge in [0.25, 0.3) is 0 Å². The van der Waals surface area contributed by atoms with E-state index in [2.05, 4.69) is 9.97 Å². The van der Waals surface area contributed by atoms with Crippen LogP contribution in [0.2, 0.25) is 0 Å². The van der Waals surface area contributed by atoms with Crippen molar-refractivity contribution < 1.29 is 21.6 Å². The van der Waals surface area contributed by atoms with Gasteiger partial charge in [0.2, 0.25) is 10.0 Å². The average molecular weight is 343 g/mol. The van der Waals surface area contributed by atoms with Crippen molar-refractivity contribution >= 4 is 10.0 Å². The molecule has 0 atom stereocenters. The van der Waals surface area contributed by atoms with Gasteiger partial charge in [-0.3, -0.25) is 0 Å². The second kappa shape index (κ2) is 5.57. The van der Waals surface area contributed by atoms with Crippen molar-refractivity contribution in [1.29, 1.82) is 0 Å². The van der Waals surface area contributed by atoms with E-state index < -0.39 is 26.7 Å². The lowest BCUT2D eigenvalue weighted by Crippen LogP contribution is -2.37. The highest BCUT2D eigenvalue weighted by Crippen LogP contribution is 2.35. The minimum atomic E-state index is -4.74. The predicted molar refractivity (Wildman–Crippen MR) is 74.8 cm³/mol. The Kier molecular flexibility index (Phi) is 3.85. The number of alkyl halides is 3. The molecule has 2 aromatic rings. The minimum Gasteiger partial charge on any atom is -0.245 e. The quantitative estimate of drug-likeness (QED) is 0.839. The first-order chi connectivity index (χ1) is 10.8. The van der Waals surface area contributed by atoms with Crippen molar-refractivity contribution in [2.24, 2.45) is 0 Å². The van der Waals surface area contributed by atoms with E-state index in [-0.39, 0.29) is 13.1 Å². The highest BCUT2D eigenvalue weighted by atomic mass is 32.2. The van der Waals surface area contributed by atoms with Crippen LogP contribution in [0, 0.1) is 0 Å². The lowest BCUT2D eigenvalue weighted by Gasteiger charge is -2.28. The Labute approximate surface area is 130 Å². The van der Waals surface area contributed by atoms with Crippen LogP contribution >= 0.6 is 0 Å². The zero-order valence-electron chi connectivity index (χ0n) is 11.8. The molecule has 9 heteroatoms. The maximum Gasteiger partial charge on any atom is 0.417 e. The maximum absolute atomic E-state index is 13.1. The van der Waals surface area contributed by atoms with Crippen LogP contribution in [0.3, 0.4) is 0 Å². The first-order valence-electron chi connectivity index (χ1n) is 6.74. The lowest BCUT2D eigenvalue weighted by atomic mass is 10.1. The molecule has 0 N–H and O–H groups in total. The Bertz CT molecular complexity index is 837. The van der Waals surface area contributed by atoms with E-state index in [1.807, 2.05) is 0 Å². The molecule has 0 spiro atoms. The van der Waals surface area contributed by atoms with Crippen LogP contribution in [-0.4, -0.2) is 29.2 Å². The maximum atomic E-state index is 13.1. The van der Waals surface area contributed by atoms with Gasteiger partial charge >= 0.3 is 6.18 Å². The van der Waals surface area contributed by atoms with Gasteiger partial charge in [-0.15, -0.1) is 0 Å². The Morgan fingerprint density at radius 1 is 1.17 bits per heavy atom. The van der Waals surface area contributed by atoms with Crippen molar-refractivity contribution in [3.8, 4) is 0 Å². The third-order valence-corrected chi connectivity index (χ3v) is 5.55. The molecule has 0 saturated heterocycles. The number of hydrogen-bond acceptors (Lipinski definition) is 4. The van der Waals surface area contributed by atoms with Crippen LogP contribution in [0.5, 0.6) is 0 Å². The molecule has 1 aromatic carbocycles. The number of fused-ring (bicyclic) bond motifs is 1. The monoisotopic (exact) mass is 343 g/mol. The Morgan fingerprint density at radius 2 is 1.91 bits per heavy atom. The largest absolute Gasteiger partial charge is 0.417 e. The zero-order valence-corrected chi connectivity index (χ0v) is 12.6. The summed E-state index contributed by atoms with van der Waals surface area (Å²) in [6.45, 7) is 0.0290. The molecular formula is C14H12F3N3O2S. The van der Waals surface area contributed by atoms with Crippen LogP contribution in [-0.2, 0) is 29.2 Å². The van der Waals surface area contributed by atoms with E-state index in [4.69, 9.17) is 0 Å². The van der Waals surface area contributed by atoms with Crippen LogP contribution in [0.1, 0.15) is 16.8 Å². The van der Waals surface area contributed by atoms with Crippen molar-refractivity contribution in [1.82, 2.24) is 14.3 Å². The summed E-state index contributed by atoms with van der Waals surface area (Å²) < 4.78 is 65.6. The standard InChI is InChI=1S/C14H12F3N3O2S/c15-14(16,17)11-3-1-2-4-13(11)23(21,22)20-6-5-10-7-18-9-19-12(10)8-20/h1-4,7,9H,5-6,8H2. The highest BCUT2D eigenvalue weighted by Gasteiger charge is 2.39. The normalized spacial score (nSPS) is 16.1. The fraction of sp³-hybridized carbons (Fsp3) is 0.286. The molecule has 23 heavy (non-hydrogen) atoms. The van der Waals surface area contributed by atoms with Gasteiger partial charge in [0.15, 0.2) is 0 Å². The van der Waals surface area contributed by atoms with E-state index in [1.165, 1.54) is 18.5 Å². The molecule has 5 nitrogen and oxygen atoms in total. The summed E-state index contributed by atoms with van der Waals surface area (Å²) in [4.78, 5) is 7.14. The van der Waals surface area contributed by atoms with Crippen LogP contribution < -0.4 is 0 Å². The SMILES string of the molecule is O=S(=O)(c1ccccc1C(F)(F)F)N1CCc2cncnc2C1. The second-order valence-corrected chi connectivity index (χ2v) is 6.98. The van der Waals surface area contributed by atoms with Crippen molar-refractivity contribution in [2.45, 2.75) is 24.0 Å². The number of aromatic nitrogens is 2. The van der Waals surface area contributed by atoms with Gasteiger partial charge in [0.05, 0.1) is 22.7 Å². The summed E-state index contributed by atoms with van der Waals surface area (Å²) in [5, 5.41) is 0. The summed E-state index contributed by atoms with van der Waals surface area (Å²) in [5.74, 6) is 0. The molecule has 3 rings (SSSR count). The zero-order chi connectivity index (χ0) is 16.7. The van der Waals surface area contributed by atoms with Crippen LogP contribution in [0.4, 0.5) is 13.2 Å². The van der Waals surface area contributed by atoms with Gasteiger partial charge in [-0.25, -0.2) is 18.4 Å². The lowest BCUT2D eigenvalue weighted by molar-refractivity contribution is -0.139. The second-order valence-electron chi connectivity index (χ2n) is 5.08. The van der Waals surface area contributed by atoms with Crippen LogP contribution in [0.15, 0.2) is 41.7 Å². The van der Waals surface area contributed by atoms with Gasteiger partial charge in [-0.05, 0) is 24.1 Å². The fourth-order valence-electron chi connectivity index (χ4n) is 2.50.